The topological polar surface area (TPSA) is 85.2 Å². The van der Waals surface area contributed by atoms with Crippen LogP contribution in [0.1, 0.15) is 11.1 Å². The zero-order chi connectivity index (χ0) is 17.5. The molecule has 126 valence electrons. The highest BCUT2D eigenvalue weighted by molar-refractivity contribution is 5.88. The van der Waals surface area contributed by atoms with Gasteiger partial charge in [-0.1, -0.05) is 6.07 Å². The molecule has 2 rings (SSSR count). The van der Waals surface area contributed by atoms with Crippen molar-refractivity contribution in [3.8, 4) is 23.0 Å². The minimum absolute atomic E-state index is 0.00237. The highest BCUT2D eigenvalue weighted by Gasteiger charge is 2.07. The number of ether oxygens (including phenoxy) is 3. The molecule has 24 heavy (non-hydrogen) atoms. The molecule has 0 fully saturated rings. The molecule has 0 atom stereocenters. The average molecular weight is 330 g/mol. The van der Waals surface area contributed by atoms with Crippen LogP contribution in [0.2, 0.25) is 0 Å². The first-order valence-corrected chi connectivity index (χ1v) is 7.12. The number of hydrogen-bond acceptors (Lipinski definition) is 6. The van der Waals surface area contributed by atoms with Gasteiger partial charge in [-0.05, 0) is 35.9 Å². The molecule has 0 aliphatic heterocycles. The molecular weight excluding hydrogens is 312 g/mol. The fourth-order valence-electron chi connectivity index (χ4n) is 2.03. The number of aliphatic hydroxyl groups is 1. The lowest BCUT2D eigenvalue weighted by Crippen LogP contribution is -2.04. The second kappa shape index (κ2) is 8.03. The van der Waals surface area contributed by atoms with E-state index < -0.39 is 5.97 Å². The van der Waals surface area contributed by atoms with Gasteiger partial charge in [0.2, 0.25) is 0 Å². The Kier molecular flexibility index (Phi) is 5.81. The zero-order valence-electron chi connectivity index (χ0n) is 13.4. The van der Waals surface area contributed by atoms with Crippen molar-refractivity contribution in [3.05, 3.63) is 53.6 Å². The van der Waals surface area contributed by atoms with Gasteiger partial charge in [0.1, 0.15) is 11.5 Å². The van der Waals surface area contributed by atoms with Crippen molar-refractivity contribution < 1.29 is 29.2 Å². The first kappa shape index (κ1) is 17.4. The fraction of sp³-hybridized carbons (Fsp3) is 0.167. The first-order valence-electron chi connectivity index (χ1n) is 7.12. The van der Waals surface area contributed by atoms with E-state index in [1.807, 2.05) is 0 Å². The number of rotatable bonds is 6. The summed E-state index contributed by atoms with van der Waals surface area (Å²) in [4.78, 5) is 11.9. The summed E-state index contributed by atoms with van der Waals surface area (Å²) >= 11 is 0. The van der Waals surface area contributed by atoms with Crippen LogP contribution in [0.15, 0.2) is 42.5 Å². The molecule has 0 radical (unpaired) electrons. The molecule has 0 heterocycles. The molecule has 0 amide bonds. The molecule has 2 aromatic rings. The lowest BCUT2D eigenvalue weighted by molar-refractivity contribution is -0.128. The molecule has 0 saturated heterocycles. The van der Waals surface area contributed by atoms with Crippen molar-refractivity contribution in [3.63, 3.8) is 0 Å². The maximum atomic E-state index is 11.9. The van der Waals surface area contributed by atoms with Gasteiger partial charge < -0.3 is 24.4 Å². The number of methoxy groups -OCH3 is 2. The van der Waals surface area contributed by atoms with Crippen LogP contribution in [0, 0.1) is 0 Å². The lowest BCUT2D eigenvalue weighted by atomic mass is 10.1. The standard InChI is InChI=1S/C18H18O6/c1-22-16-7-5-14(10-17(16)23-2)24-18(21)8-4-12-3-6-15(20)13(9-12)11-19/h3-10,19-20H,11H2,1-2H3/b8-4+. The lowest BCUT2D eigenvalue weighted by Gasteiger charge is -2.09. The van der Waals surface area contributed by atoms with E-state index in [0.717, 1.165) is 0 Å². The summed E-state index contributed by atoms with van der Waals surface area (Å²) in [6, 6.07) is 9.43. The van der Waals surface area contributed by atoms with Gasteiger partial charge in [-0.2, -0.15) is 0 Å². The van der Waals surface area contributed by atoms with Crippen LogP contribution in [0.3, 0.4) is 0 Å². The monoisotopic (exact) mass is 330 g/mol. The number of hydrogen-bond donors (Lipinski definition) is 2. The predicted molar refractivity (Wildman–Crippen MR) is 88.2 cm³/mol. The largest absolute Gasteiger partial charge is 0.508 e. The maximum absolute atomic E-state index is 11.9. The Balaban J connectivity index is 2.07. The van der Waals surface area contributed by atoms with Crippen LogP contribution in [0.5, 0.6) is 23.0 Å². The Morgan fingerprint density at radius 2 is 1.83 bits per heavy atom. The van der Waals surface area contributed by atoms with Crippen LogP contribution in [0.25, 0.3) is 6.08 Å². The van der Waals surface area contributed by atoms with E-state index in [0.29, 0.717) is 28.4 Å². The highest BCUT2D eigenvalue weighted by Crippen LogP contribution is 2.31. The quantitative estimate of drug-likeness (QED) is 0.481. The van der Waals surface area contributed by atoms with Crippen molar-refractivity contribution in [2.24, 2.45) is 0 Å². The second-order valence-corrected chi connectivity index (χ2v) is 4.82. The molecule has 6 nitrogen and oxygen atoms in total. The molecule has 0 aromatic heterocycles. The minimum atomic E-state index is -0.569. The van der Waals surface area contributed by atoms with E-state index in [4.69, 9.17) is 19.3 Å². The normalized spacial score (nSPS) is 10.6. The number of carbonyl (C=O) groups excluding carboxylic acids is 1. The van der Waals surface area contributed by atoms with Crippen molar-refractivity contribution >= 4 is 12.0 Å². The van der Waals surface area contributed by atoms with Crippen LogP contribution >= 0.6 is 0 Å². The Morgan fingerprint density at radius 1 is 1.08 bits per heavy atom. The molecule has 6 heteroatoms. The SMILES string of the molecule is COc1ccc(OC(=O)/C=C/c2ccc(O)c(CO)c2)cc1OC. The van der Waals surface area contributed by atoms with Crippen LogP contribution in [-0.2, 0) is 11.4 Å². The summed E-state index contributed by atoms with van der Waals surface area (Å²) < 4.78 is 15.5. The number of aromatic hydroxyl groups is 1. The van der Waals surface area contributed by atoms with Gasteiger partial charge in [-0.15, -0.1) is 0 Å². The van der Waals surface area contributed by atoms with Crippen molar-refractivity contribution in [2.75, 3.05) is 14.2 Å². The minimum Gasteiger partial charge on any atom is -0.508 e. The van der Waals surface area contributed by atoms with Gasteiger partial charge in [0.05, 0.1) is 20.8 Å². The summed E-state index contributed by atoms with van der Waals surface area (Å²) in [5.74, 6) is 0.749. The van der Waals surface area contributed by atoms with Gasteiger partial charge >= 0.3 is 5.97 Å². The van der Waals surface area contributed by atoms with Gasteiger partial charge in [-0.3, -0.25) is 0 Å². The first-order chi connectivity index (χ1) is 11.6. The Labute approximate surface area is 139 Å². The number of carbonyl (C=O) groups is 1. The van der Waals surface area contributed by atoms with Crippen LogP contribution < -0.4 is 14.2 Å². The van der Waals surface area contributed by atoms with E-state index in [1.165, 1.54) is 32.4 Å². The number of benzene rings is 2. The number of phenols is 1. The van der Waals surface area contributed by atoms with Gasteiger partial charge in [0.25, 0.3) is 0 Å². The smallest absolute Gasteiger partial charge is 0.336 e. The highest BCUT2D eigenvalue weighted by atomic mass is 16.5. The predicted octanol–water partition coefficient (Wildman–Crippen LogP) is 2.52. The molecule has 2 N–H and O–H groups in total. The maximum Gasteiger partial charge on any atom is 0.336 e. The summed E-state index contributed by atoms with van der Waals surface area (Å²) in [6.07, 6.45) is 2.78. The molecule has 2 aromatic carbocycles. The van der Waals surface area contributed by atoms with E-state index in [9.17, 15) is 9.90 Å². The summed E-state index contributed by atoms with van der Waals surface area (Å²) in [5, 5.41) is 18.6. The van der Waals surface area contributed by atoms with Gasteiger partial charge in [0, 0.05) is 17.7 Å². The van der Waals surface area contributed by atoms with Gasteiger partial charge in [0.15, 0.2) is 11.5 Å². The van der Waals surface area contributed by atoms with Crippen molar-refractivity contribution in [2.45, 2.75) is 6.61 Å². The summed E-state index contributed by atoms with van der Waals surface area (Å²) in [5.41, 5.74) is 1.03. The van der Waals surface area contributed by atoms with Crippen LogP contribution in [-0.4, -0.2) is 30.4 Å². The van der Waals surface area contributed by atoms with Crippen molar-refractivity contribution in [1.82, 2.24) is 0 Å². The van der Waals surface area contributed by atoms with E-state index in [1.54, 1.807) is 30.3 Å². The van der Waals surface area contributed by atoms with Gasteiger partial charge in [-0.25, -0.2) is 4.79 Å². The molecule has 0 unspecified atom stereocenters. The van der Waals surface area contributed by atoms with E-state index in [2.05, 4.69) is 0 Å². The zero-order valence-corrected chi connectivity index (χ0v) is 13.4. The molecular formula is C18H18O6. The third-order valence-electron chi connectivity index (χ3n) is 3.26. The summed E-state index contributed by atoms with van der Waals surface area (Å²) in [6.45, 7) is -0.288. The van der Waals surface area contributed by atoms with E-state index >= 15 is 0 Å². The molecule has 0 bridgehead atoms. The van der Waals surface area contributed by atoms with Crippen molar-refractivity contribution in [1.29, 1.82) is 0 Å². The third kappa shape index (κ3) is 4.27. The Morgan fingerprint density at radius 3 is 2.50 bits per heavy atom. The third-order valence-corrected chi connectivity index (χ3v) is 3.26. The summed E-state index contributed by atoms with van der Waals surface area (Å²) in [7, 11) is 3.01. The molecule has 0 aliphatic carbocycles. The fourth-order valence-corrected chi connectivity index (χ4v) is 2.03. The van der Waals surface area contributed by atoms with E-state index in [-0.39, 0.29) is 12.4 Å². The van der Waals surface area contributed by atoms with Crippen LogP contribution in [0.4, 0.5) is 0 Å². The number of aliphatic hydroxyl groups excluding tert-OH is 1. The molecule has 0 saturated carbocycles. The Bertz CT molecular complexity index is 751. The molecule has 0 spiro atoms. The molecule has 0 aliphatic rings. The number of esters is 1. The Hall–Kier alpha value is -2.99. The second-order valence-electron chi connectivity index (χ2n) is 4.82. The average Bonchev–Trinajstić information content (AvgIpc) is 2.60.